The highest BCUT2D eigenvalue weighted by Gasteiger charge is 2.36. The highest BCUT2D eigenvalue weighted by atomic mass is 16.3. The van der Waals surface area contributed by atoms with Crippen molar-refractivity contribution in [3.05, 3.63) is 181 Å². The summed E-state index contributed by atoms with van der Waals surface area (Å²) in [4.78, 5) is 7.19. The van der Waals surface area contributed by atoms with Gasteiger partial charge in [0.1, 0.15) is 16.7 Å². The lowest BCUT2D eigenvalue weighted by Gasteiger charge is -2.29. The van der Waals surface area contributed by atoms with Gasteiger partial charge in [-0.2, -0.15) is 0 Å². The smallest absolute Gasteiger partial charge is 0.227 e. The monoisotopic (exact) mass is 694 g/mol. The zero-order valence-electron chi connectivity index (χ0n) is 29.9. The Morgan fingerprint density at radius 3 is 2.00 bits per heavy atom. The number of furan rings is 1. The van der Waals surface area contributed by atoms with Crippen LogP contribution < -0.4 is 4.90 Å². The summed E-state index contributed by atoms with van der Waals surface area (Å²) in [5.74, 6) is 0.597. The van der Waals surface area contributed by atoms with Crippen LogP contribution in [0, 0.1) is 0 Å². The summed E-state index contributed by atoms with van der Waals surface area (Å²) in [5, 5.41) is 4.36. The molecule has 54 heavy (non-hydrogen) atoms. The first-order chi connectivity index (χ1) is 26.5. The summed E-state index contributed by atoms with van der Waals surface area (Å²) in [6.07, 6.45) is 0. The molecule has 0 spiro atoms. The van der Waals surface area contributed by atoms with Gasteiger partial charge in [0, 0.05) is 44.6 Å². The molecule has 0 unspecified atom stereocenters. The van der Waals surface area contributed by atoms with Crippen molar-refractivity contribution in [2.24, 2.45) is 0 Å². The van der Waals surface area contributed by atoms with E-state index in [4.69, 9.17) is 13.8 Å². The van der Waals surface area contributed by atoms with E-state index < -0.39 is 0 Å². The predicted octanol–water partition coefficient (Wildman–Crippen LogP) is 14.0. The minimum Gasteiger partial charge on any atom is -0.456 e. The van der Waals surface area contributed by atoms with Crippen LogP contribution in [0.3, 0.4) is 0 Å². The molecule has 2 aromatic heterocycles. The quantitative estimate of drug-likeness (QED) is 0.180. The summed E-state index contributed by atoms with van der Waals surface area (Å²) in [7, 11) is 0. The Morgan fingerprint density at radius 2 is 1.15 bits per heavy atom. The SMILES string of the molecule is CC1(C)c2ccccc2-c2ccc(N(c3ccc(-c4ccccc4)cc3)c3cc4oc5ccc(-c6nc7ccccc7o6)cc5c4c4ccccc34)cc21. The zero-order valence-corrected chi connectivity index (χ0v) is 29.9. The fourth-order valence-electron chi connectivity index (χ4n) is 8.63. The molecule has 8 aromatic carbocycles. The van der Waals surface area contributed by atoms with Gasteiger partial charge in [-0.3, -0.25) is 0 Å². The molecule has 10 aromatic rings. The molecule has 0 amide bonds. The van der Waals surface area contributed by atoms with Crippen molar-refractivity contribution >= 4 is 60.9 Å². The van der Waals surface area contributed by atoms with E-state index in [1.807, 2.05) is 36.4 Å². The van der Waals surface area contributed by atoms with E-state index >= 15 is 0 Å². The second kappa shape index (κ2) is 11.5. The van der Waals surface area contributed by atoms with E-state index in [1.54, 1.807) is 0 Å². The van der Waals surface area contributed by atoms with Crippen molar-refractivity contribution in [2.45, 2.75) is 19.3 Å². The Kier molecular flexibility index (Phi) is 6.56. The second-order valence-corrected chi connectivity index (χ2v) is 14.8. The van der Waals surface area contributed by atoms with Crippen LogP contribution >= 0.6 is 0 Å². The highest BCUT2D eigenvalue weighted by molar-refractivity contribution is 6.23. The second-order valence-electron chi connectivity index (χ2n) is 14.8. The molecule has 1 aliphatic carbocycles. The average Bonchev–Trinajstić information content (AvgIpc) is 3.89. The van der Waals surface area contributed by atoms with Crippen molar-refractivity contribution in [3.63, 3.8) is 0 Å². The van der Waals surface area contributed by atoms with Gasteiger partial charge in [-0.15, -0.1) is 0 Å². The molecule has 4 heteroatoms. The summed E-state index contributed by atoms with van der Waals surface area (Å²) in [6.45, 7) is 4.68. The number of hydrogen-bond acceptors (Lipinski definition) is 4. The van der Waals surface area contributed by atoms with E-state index in [1.165, 1.54) is 33.4 Å². The van der Waals surface area contributed by atoms with Gasteiger partial charge in [0.25, 0.3) is 0 Å². The zero-order chi connectivity index (χ0) is 36.0. The van der Waals surface area contributed by atoms with E-state index in [2.05, 4.69) is 152 Å². The molecular formula is C50H34N2O2. The molecule has 0 N–H and O–H groups in total. The maximum Gasteiger partial charge on any atom is 0.227 e. The maximum atomic E-state index is 6.72. The molecule has 1 aliphatic rings. The van der Waals surface area contributed by atoms with Gasteiger partial charge >= 0.3 is 0 Å². The standard InChI is InChI=1S/C50H34N2O2/c1-50(2)41-17-9-8-14-36(41)37-26-25-35(29-42(37)50)52(34-23-20-32(21-24-34)31-12-4-3-5-13-31)44-30-47-48(39-16-7-6-15-38(39)44)40-28-33(22-27-45(40)53-47)49-51-43-18-10-11-19-46(43)54-49/h3-30H,1-2H3. The summed E-state index contributed by atoms with van der Waals surface area (Å²) < 4.78 is 12.9. The van der Waals surface area contributed by atoms with Gasteiger partial charge in [-0.05, 0) is 93.4 Å². The van der Waals surface area contributed by atoms with Crippen molar-refractivity contribution < 1.29 is 8.83 Å². The molecule has 0 fully saturated rings. The van der Waals surface area contributed by atoms with Crippen LogP contribution in [0.5, 0.6) is 0 Å². The Balaban J connectivity index is 1.13. The third-order valence-electron chi connectivity index (χ3n) is 11.3. The molecule has 0 radical (unpaired) electrons. The lowest BCUT2D eigenvalue weighted by Crippen LogP contribution is -2.16. The number of hydrogen-bond donors (Lipinski definition) is 0. The molecule has 0 aliphatic heterocycles. The number of para-hydroxylation sites is 2. The first kappa shape index (κ1) is 30.7. The predicted molar refractivity (Wildman–Crippen MR) is 222 cm³/mol. The highest BCUT2D eigenvalue weighted by Crippen LogP contribution is 2.52. The largest absolute Gasteiger partial charge is 0.456 e. The Bertz CT molecular complexity index is 3050. The first-order valence-corrected chi connectivity index (χ1v) is 18.5. The molecular weight excluding hydrogens is 661 g/mol. The van der Waals surface area contributed by atoms with Gasteiger partial charge in [0.05, 0.1) is 5.69 Å². The van der Waals surface area contributed by atoms with Crippen LogP contribution in [0.2, 0.25) is 0 Å². The average molecular weight is 695 g/mol. The minimum atomic E-state index is -0.137. The van der Waals surface area contributed by atoms with Gasteiger partial charge in [0.2, 0.25) is 5.89 Å². The fraction of sp³-hybridized carbons (Fsp3) is 0.0600. The van der Waals surface area contributed by atoms with E-state index in [0.717, 1.165) is 66.4 Å². The molecule has 4 nitrogen and oxygen atoms in total. The number of nitrogens with zero attached hydrogens (tertiary/aromatic N) is 2. The Hall–Kier alpha value is -6.91. The normalized spacial score (nSPS) is 13.1. The van der Waals surface area contributed by atoms with Crippen molar-refractivity contribution in [2.75, 3.05) is 4.90 Å². The first-order valence-electron chi connectivity index (χ1n) is 18.5. The number of rotatable bonds is 5. The molecule has 2 heterocycles. The lowest BCUT2D eigenvalue weighted by molar-refractivity contribution is 0.620. The van der Waals surface area contributed by atoms with E-state index in [0.29, 0.717) is 5.89 Å². The molecule has 0 atom stereocenters. The Labute approximate surface area is 312 Å². The van der Waals surface area contributed by atoms with E-state index in [-0.39, 0.29) is 5.41 Å². The third kappa shape index (κ3) is 4.60. The molecule has 0 bridgehead atoms. The number of aromatic nitrogens is 1. The van der Waals surface area contributed by atoms with Crippen molar-refractivity contribution in [3.8, 4) is 33.7 Å². The van der Waals surface area contributed by atoms with Crippen LogP contribution in [0.4, 0.5) is 17.1 Å². The molecule has 0 saturated carbocycles. The van der Waals surface area contributed by atoms with Gasteiger partial charge in [-0.25, -0.2) is 4.98 Å². The van der Waals surface area contributed by atoms with Crippen LogP contribution in [0.1, 0.15) is 25.0 Å². The van der Waals surface area contributed by atoms with Gasteiger partial charge < -0.3 is 13.7 Å². The summed E-state index contributed by atoms with van der Waals surface area (Å²) in [5.41, 5.74) is 14.9. The van der Waals surface area contributed by atoms with Crippen LogP contribution in [0.25, 0.3) is 77.5 Å². The molecule has 256 valence electrons. The molecule has 11 rings (SSSR count). The lowest BCUT2D eigenvalue weighted by atomic mass is 9.82. The van der Waals surface area contributed by atoms with Crippen molar-refractivity contribution in [1.29, 1.82) is 0 Å². The number of anilines is 3. The summed E-state index contributed by atoms with van der Waals surface area (Å²) in [6, 6.07) is 60.2. The van der Waals surface area contributed by atoms with Gasteiger partial charge in [-0.1, -0.05) is 123 Å². The minimum absolute atomic E-state index is 0.137. The fourth-order valence-corrected chi connectivity index (χ4v) is 8.63. The van der Waals surface area contributed by atoms with Gasteiger partial charge in [0.15, 0.2) is 5.58 Å². The summed E-state index contributed by atoms with van der Waals surface area (Å²) >= 11 is 0. The molecule has 0 saturated heterocycles. The van der Waals surface area contributed by atoms with Crippen LogP contribution in [0.15, 0.2) is 179 Å². The van der Waals surface area contributed by atoms with E-state index in [9.17, 15) is 0 Å². The van der Waals surface area contributed by atoms with Crippen LogP contribution in [-0.2, 0) is 5.41 Å². The third-order valence-corrected chi connectivity index (χ3v) is 11.3. The number of fused-ring (bicyclic) bond motifs is 9. The topological polar surface area (TPSA) is 42.4 Å². The number of oxazole rings is 1. The maximum absolute atomic E-state index is 6.72. The van der Waals surface area contributed by atoms with Crippen molar-refractivity contribution in [1.82, 2.24) is 4.98 Å². The Morgan fingerprint density at radius 1 is 0.463 bits per heavy atom. The number of benzene rings is 8. The van der Waals surface area contributed by atoms with Crippen LogP contribution in [-0.4, -0.2) is 4.98 Å².